The zero-order valence-corrected chi connectivity index (χ0v) is 36.7. The third kappa shape index (κ3) is 12.8. The Morgan fingerprint density at radius 3 is 2.55 bits per heavy atom. The van der Waals surface area contributed by atoms with Gasteiger partial charge in [0, 0.05) is 49.6 Å². The first-order valence-corrected chi connectivity index (χ1v) is 21.6. The summed E-state index contributed by atoms with van der Waals surface area (Å²) >= 11 is 0. The highest BCUT2D eigenvalue weighted by atomic mass is 19.1. The van der Waals surface area contributed by atoms with Gasteiger partial charge in [0.2, 0.25) is 17.7 Å². The topological polar surface area (TPSA) is 237 Å². The Labute approximate surface area is 372 Å². The fourth-order valence-corrected chi connectivity index (χ4v) is 7.89. The zero-order valence-electron chi connectivity index (χ0n) is 36.7. The second kappa shape index (κ2) is 22.0. The van der Waals surface area contributed by atoms with Crippen LogP contribution in [-0.2, 0) is 33.5 Å². The van der Waals surface area contributed by atoms with Crippen molar-refractivity contribution in [2.45, 2.75) is 115 Å². The Morgan fingerprint density at radius 2 is 1.86 bits per heavy atom. The summed E-state index contributed by atoms with van der Waals surface area (Å²) in [7, 11) is 0. The van der Waals surface area contributed by atoms with Gasteiger partial charge in [0.1, 0.15) is 46.9 Å². The Kier molecular flexibility index (Phi) is 16.9. The van der Waals surface area contributed by atoms with Crippen molar-refractivity contribution >= 4 is 41.2 Å². The highest BCUT2D eigenvalue weighted by Crippen LogP contribution is 2.53. The number of carbonyl (C=O) groups excluding carboxylic acids is 6. The number of aromatic nitrogens is 1. The van der Waals surface area contributed by atoms with E-state index in [1.54, 1.807) is 76.4 Å². The SMILES string of the molecule is CC(=O)CC[C@H]1C(=O)N[C@@H](C(C)C)C(=O)NC2(C[C@H]2c2cc(O)cc(F)c2)C(=O)N2CCCC(N2)C(=O)O[C@H](/C(C)=C/C=C/C(=O)Nc2ccccn2)C/C=C/C=C/[C@H](O)[C@H](C)[C@H]1O. The van der Waals surface area contributed by atoms with Crippen LogP contribution in [0.15, 0.2) is 90.7 Å². The van der Waals surface area contributed by atoms with Gasteiger partial charge in [-0.1, -0.05) is 63.3 Å². The lowest BCUT2D eigenvalue weighted by Crippen LogP contribution is -2.63. The number of hydrazine groups is 1. The van der Waals surface area contributed by atoms with Gasteiger partial charge >= 0.3 is 5.97 Å². The summed E-state index contributed by atoms with van der Waals surface area (Å²) in [5.74, 6) is -7.80. The molecular formula is C47H59FN6O10. The third-order valence-electron chi connectivity index (χ3n) is 11.8. The minimum atomic E-state index is -1.70. The molecule has 9 atom stereocenters. The molecule has 1 aliphatic carbocycles. The zero-order chi connectivity index (χ0) is 46.7. The number of fused-ring (bicyclic) bond motifs is 2. The number of nitrogens with zero attached hydrogens (tertiary/aromatic N) is 2. The molecular weight excluding hydrogens is 828 g/mol. The number of rotatable bonds is 9. The van der Waals surface area contributed by atoms with Crippen LogP contribution in [0.25, 0.3) is 0 Å². The maximum absolute atomic E-state index is 14.7. The van der Waals surface area contributed by atoms with Gasteiger partial charge in [-0.3, -0.25) is 29.0 Å². The number of aromatic hydroxyl groups is 1. The quantitative estimate of drug-likeness (QED) is 0.108. The summed E-state index contributed by atoms with van der Waals surface area (Å²) in [6.07, 6.45) is 9.31. The average molecular weight is 887 g/mol. The summed E-state index contributed by atoms with van der Waals surface area (Å²) in [5.41, 5.74) is 2.08. The molecule has 3 heterocycles. The fourth-order valence-electron chi connectivity index (χ4n) is 7.89. The number of carbonyl (C=O) groups is 6. The number of Topliss-reactive ketones (excluding diaryl/α,β-unsaturated/α-hetero) is 1. The molecule has 4 amide bonds. The molecule has 2 unspecified atom stereocenters. The van der Waals surface area contributed by atoms with Gasteiger partial charge in [0.05, 0.1) is 18.1 Å². The Hall–Kier alpha value is -6.04. The van der Waals surface area contributed by atoms with Gasteiger partial charge in [-0.05, 0) is 80.9 Å². The number of esters is 1. The predicted octanol–water partition coefficient (Wildman–Crippen LogP) is 3.82. The third-order valence-corrected chi connectivity index (χ3v) is 11.8. The molecule has 2 fully saturated rings. The lowest BCUT2D eigenvalue weighted by atomic mass is 9.84. The molecule has 5 rings (SSSR count). The number of aliphatic hydroxyl groups excluding tert-OH is 2. The van der Waals surface area contributed by atoms with Crippen LogP contribution in [0.1, 0.15) is 84.6 Å². The maximum Gasteiger partial charge on any atom is 0.325 e. The van der Waals surface area contributed by atoms with Crippen LogP contribution in [0.5, 0.6) is 5.75 Å². The lowest BCUT2D eigenvalue weighted by molar-refractivity contribution is -0.156. The summed E-state index contributed by atoms with van der Waals surface area (Å²) in [6, 6.07) is 6.19. The van der Waals surface area contributed by atoms with Crippen molar-refractivity contribution in [2.24, 2.45) is 17.8 Å². The van der Waals surface area contributed by atoms with Crippen LogP contribution in [0.4, 0.5) is 10.2 Å². The number of phenols is 1. The molecule has 3 aliphatic rings. The molecule has 1 aromatic heterocycles. The average Bonchev–Trinajstić information content (AvgIpc) is 3.98. The number of hydrogen-bond donors (Lipinski definition) is 7. The van der Waals surface area contributed by atoms with Crippen LogP contribution in [0, 0.1) is 23.6 Å². The van der Waals surface area contributed by atoms with E-state index >= 15 is 0 Å². The first-order chi connectivity index (χ1) is 30.4. The number of halogens is 1. The number of pyridine rings is 1. The summed E-state index contributed by atoms with van der Waals surface area (Å²) < 4.78 is 20.7. The maximum atomic E-state index is 14.7. The Balaban J connectivity index is 1.50. The van der Waals surface area contributed by atoms with Crippen LogP contribution >= 0.6 is 0 Å². The molecule has 0 radical (unpaired) electrons. The van der Waals surface area contributed by atoms with Crippen LogP contribution in [0.3, 0.4) is 0 Å². The number of amides is 4. The van der Waals surface area contributed by atoms with E-state index in [2.05, 4.69) is 26.4 Å². The minimum Gasteiger partial charge on any atom is -0.508 e. The number of phenolic OH excluding ortho intramolecular Hbond substituents is 1. The number of cyclic esters (lactones) is 1. The molecule has 1 saturated heterocycles. The van der Waals surface area contributed by atoms with Gasteiger partial charge in [-0.15, -0.1) is 0 Å². The van der Waals surface area contributed by atoms with Crippen molar-refractivity contribution in [3.63, 3.8) is 0 Å². The van der Waals surface area contributed by atoms with E-state index < -0.39 is 95.0 Å². The smallest absolute Gasteiger partial charge is 0.325 e. The van der Waals surface area contributed by atoms with E-state index in [-0.39, 0.29) is 49.3 Å². The van der Waals surface area contributed by atoms with Crippen molar-refractivity contribution in [3.8, 4) is 5.75 Å². The summed E-state index contributed by atoms with van der Waals surface area (Å²) in [5, 5.41) is 42.4. The van der Waals surface area contributed by atoms with Crippen molar-refractivity contribution < 1.29 is 53.2 Å². The van der Waals surface area contributed by atoms with Gasteiger partial charge in [-0.25, -0.2) is 14.8 Å². The van der Waals surface area contributed by atoms with E-state index in [9.17, 15) is 48.5 Å². The number of anilines is 1. The molecule has 1 saturated carbocycles. The monoisotopic (exact) mass is 886 g/mol. The number of ketones is 1. The summed E-state index contributed by atoms with van der Waals surface area (Å²) in [4.78, 5) is 85.7. The number of benzene rings is 1. The molecule has 64 heavy (non-hydrogen) atoms. The predicted molar refractivity (Wildman–Crippen MR) is 234 cm³/mol. The van der Waals surface area contributed by atoms with Gasteiger partial charge in [0.25, 0.3) is 5.91 Å². The highest BCUT2D eigenvalue weighted by molar-refractivity contribution is 5.99. The first-order valence-electron chi connectivity index (χ1n) is 21.6. The standard InChI is InChI=1S/C47H59FN6O10/c1-27(2)41-44(61)52-47(26-35(47)31-23-32(48)25-33(56)24-31)46(63)54-22-12-14-36(53-54)45(62)64-38(28(3)13-11-18-40(58)50-39-17-9-10-21-49-39)16-8-6-7-15-37(57)30(5)42(59)34(43(60)51-41)20-19-29(4)55/h6-11,13,15,17-18,21,23-25,27,30,34-38,41-42,53,56-57,59H,12,14,16,19-20,22,26H2,1-5H3,(H,51,60)(H,52,61)(H,49,50,58)/b8-6+,15-7+,18-11+,28-13+/t30-,34+,35-,36?,37-,38-,41-,42+,47?/m0/s1. The van der Waals surface area contributed by atoms with E-state index in [0.717, 1.165) is 12.1 Å². The Bertz CT molecular complexity index is 2140. The number of aliphatic hydroxyl groups is 2. The van der Waals surface area contributed by atoms with E-state index in [4.69, 9.17) is 4.74 Å². The molecule has 7 N–H and O–H groups in total. The fraction of sp³-hybridized carbons (Fsp3) is 0.468. The van der Waals surface area contributed by atoms with Gasteiger partial charge < -0.3 is 40.8 Å². The molecule has 16 nitrogen and oxygen atoms in total. The number of hydrogen-bond acceptors (Lipinski definition) is 12. The number of ether oxygens (including phenoxy) is 1. The van der Waals surface area contributed by atoms with Crippen LogP contribution < -0.4 is 21.4 Å². The van der Waals surface area contributed by atoms with Crippen molar-refractivity contribution in [1.82, 2.24) is 26.1 Å². The highest BCUT2D eigenvalue weighted by Gasteiger charge is 2.64. The van der Waals surface area contributed by atoms with E-state index in [0.29, 0.717) is 24.2 Å². The molecule has 2 aromatic rings. The van der Waals surface area contributed by atoms with Crippen LogP contribution in [0.2, 0.25) is 0 Å². The van der Waals surface area contributed by atoms with E-state index in [1.165, 1.54) is 36.2 Å². The molecule has 344 valence electrons. The molecule has 1 aromatic carbocycles. The second-order valence-corrected chi connectivity index (χ2v) is 17.1. The molecule has 1 spiro atoms. The van der Waals surface area contributed by atoms with Gasteiger partial charge in [-0.2, -0.15) is 0 Å². The molecule has 17 heteroatoms. The minimum absolute atomic E-state index is 0.0127. The summed E-state index contributed by atoms with van der Waals surface area (Å²) in [6.45, 7) is 8.09. The number of allylic oxidation sites excluding steroid dienone is 4. The van der Waals surface area contributed by atoms with Crippen LogP contribution in [-0.4, -0.2) is 103 Å². The largest absolute Gasteiger partial charge is 0.508 e. The second-order valence-electron chi connectivity index (χ2n) is 17.1. The van der Waals surface area contributed by atoms with Crippen molar-refractivity contribution in [1.29, 1.82) is 0 Å². The molecule has 2 aliphatic heterocycles. The van der Waals surface area contributed by atoms with Gasteiger partial charge in [0.15, 0.2) is 0 Å². The van der Waals surface area contributed by atoms with Crippen molar-refractivity contribution in [2.75, 3.05) is 11.9 Å². The van der Waals surface area contributed by atoms with Crippen molar-refractivity contribution in [3.05, 3.63) is 102 Å². The van der Waals surface area contributed by atoms with E-state index in [1.807, 2.05) is 0 Å². The normalized spacial score (nSPS) is 29.8. The molecule has 2 bridgehead atoms. The number of nitrogens with one attached hydrogen (secondary N) is 4. The lowest BCUT2D eigenvalue weighted by Gasteiger charge is -2.37. The first kappa shape index (κ1) is 49.0. The Morgan fingerprint density at radius 1 is 1.09 bits per heavy atom.